The molecule has 5 heteroatoms. The normalized spacial score (nSPS) is 11.4. The Morgan fingerprint density at radius 1 is 1.17 bits per heavy atom. The Bertz CT molecular complexity index is 649. The number of benzene rings is 1. The van der Waals surface area contributed by atoms with Crippen LogP contribution in [-0.2, 0) is 16.4 Å². The van der Waals surface area contributed by atoms with Crippen LogP contribution in [0.15, 0.2) is 47.6 Å². The van der Waals surface area contributed by atoms with Gasteiger partial charge in [-0.25, -0.2) is 8.42 Å². The van der Waals surface area contributed by atoms with Crippen LogP contribution < -0.4 is 5.73 Å². The number of pyridine rings is 1. The van der Waals surface area contributed by atoms with E-state index in [0.29, 0.717) is 11.4 Å². The Morgan fingerprint density at radius 2 is 1.83 bits per heavy atom. The molecule has 2 rings (SSSR count). The lowest BCUT2D eigenvalue weighted by Gasteiger charge is -2.07. The van der Waals surface area contributed by atoms with Gasteiger partial charge in [0.1, 0.15) is 0 Å². The molecule has 0 spiro atoms. The van der Waals surface area contributed by atoms with Crippen molar-refractivity contribution in [1.29, 1.82) is 0 Å². The fourth-order valence-corrected chi connectivity index (χ4v) is 2.37. The molecular weight excluding hydrogens is 248 g/mol. The van der Waals surface area contributed by atoms with Gasteiger partial charge in [0.05, 0.1) is 4.90 Å². The molecule has 0 saturated carbocycles. The number of nitrogens with zero attached hydrogens (tertiary/aromatic N) is 1. The molecule has 1 aromatic heterocycles. The molecule has 0 radical (unpaired) electrons. The van der Waals surface area contributed by atoms with Gasteiger partial charge >= 0.3 is 0 Å². The fourth-order valence-electron chi connectivity index (χ4n) is 1.74. The fraction of sp³-hybridized carbons (Fsp3) is 0.154. The average Bonchev–Trinajstić information content (AvgIpc) is 2.38. The van der Waals surface area contributed by atoms with Gasteiger partial charge in [-0.3, -0.25) is 4.98 Å². The van der Waals surface area contributed by atoms with E-state index in [9.17, 15) is 8.42 Å². The van der Waals surface area contributed by atoms with Crippen molar-refractivity contribution in [3.8, 4) is 11.1 Å². The van der Waals surface area contributed by atoms with Gasteiger partial charge in [-0.2, -0.15) is 0 Å². The van der Waals surface area contributed by atoms with E-state index in [1.54, 1.807) is 36.7 Å². The lowest BCUT2D eigenvalue weighted by molar-refractivity contribution is 0.602. The van der Waals surface area contributed by atoms with E-state index in [2.05, 4.69) is 4.98 Å². The highest BCUT2D eigenvalue weighted by Gasteiger charge is 2.08. The minimum absolute atomic E-state index is 0.310. The lowest BCUT2D eigenvalue weighted by atomic mass is 10.0. The lowest BCUT2D eigenvalue weighted by Crippen LogP contribution is -2.00. The molecule has 0 aliphatic carbocycles. The summed E-state index contributed by atoms with van der Waals surface area (Å²) in [5.41, 5.74) is 8.49. The van der Waals surface area contributed by atoms with Crippen molar-refractivity contribution in [1.82, 2.24) is 4.98 Å². The predicted molar refractivity (Wildman–Crippen MR) is 70.7 cm³/mol. The maximum Gasteiger partial charge on any atom is 0.175 e. The number of rotatable bonds is 3. The molecule has 0 saturated heterocycles. The van der Waals surface area contributed by atoms with Gasteiger partial charge in [-0.1, -0.05) is 12.1 Å². The quantitative estimate of drug-likeness (QED) is 0.912. The standard InChI is InChI=1S/C13H14N2O2S/c1-18(16,17)12-4-2-10(3-5-12)13-9-15-7-6-11(13)8-14/h2-7,9H,8,14H2,1H3. The second kappa shape index (κ2) is 4.88. The Hall–Kier alpha value is -1.72. The van der Waals surface area contributed by atoms with Crippen molar-refractivity contribution >= 4 is 9.84 Å². The second-order valence-electron chi connectivity index (χ2n) is 4.03. The molecule has 18 heavy (non-hydrogen) atoms. The maximum atomic E-state index is 11.4. The number of aromatic nitrogens is 1. The summed E-state index contributed by atoms with van der Waals surface area (Å²) in [5.74, 6) is 0. The maximum absolute atomic E-state index is 11.4. The first-order valence-corrected chi connectivity index (χ1v) is 7.35. The SMILES string of the molecule is CS(=O)(=O)c1ccc(-c2cnccc2CN)cc1. The first kappa shape index (κ1) is 12.7. The molecule has 0 fully saturated rings. The van der Waals surface area contributed by atoms with Gasteiger partial charge in [-0.05, 0) is 29.3 Å². The van der Waals surface area contributed by atoms with Gasteiger partial charge in [0.25, 0.3) is 0 Å². The number of hydrogen-bond donors (Lipinski definition) is 1. The summed E-state index contributed by atoms with van der Waals surface area (Å²) in [7, 11) is -3.16. The molecule has 1 heterocycles. The Labute approximate surface area is 106 Å². The van der Waals surface area contributed by atoms with E-state index in [1.165, 1.54) is 6.26 Å². The van der Waals surface area contributed by atoms with Crippen molar-refractivity contribution in [3.05, 3.63) is 48.3 Å². The zero-order valence-electron chi connectivity index (χ0n) is 10.00. The third kappa shape index (κ3) is 2.57. The zero-order valence-corrected chi connectivity index (χ0v) is 10.8. The molecule has 0 aliphatic heterocycles. The minimum Gasteiger partial charge on any atom is -0.326 e. The summed E-state index contributed by atoms with van der Waals surface area (Å²) < 4.78 is 22.7. The molecule has 0 unspecified atom stereocenters. The van der Waals surface area contributed by atoms with Crippen molar-refractivity contribution in [2.45, 2.75) is 11.4 Å². The van der Waals surface area contributed by atoms with Crippen LogP contribution in [0.3, 0.4) is 0 Å². The molecule has 0 amide bonds. The number of sulfone groups is 1. The molecule has 94 valence electrons. The van der Waals surface area contributed by atoms with Crippen LogP contribution >= 0.6 is 0 Å². The van der Waals surface area contributed by atoms with Crippen LogP contribution in [0.1, 0.15) is 5.56 Å². The molecule has 1 aromatic carbocycles. The summed E-state index contributed by atoms with van der Waals surface area (Å²) >= 11 is 0. The first-order chi connectivity index (χ1) is 8.52. The summed E-state index contributed by atoms with van der Waals surface area (Å²) in [6.07, 6.45) is 4.62. The average molecular weight is 262 g/mol. The predicted octanol–water partition coefficient (Wildman–Crippen LogP) is 1.61. The first-order valence-electron chi connectivity index (χ1n) is 5.46. The topological polar surface area (TPSA) is 73.0 Å². The van der Waals surface area contributed by atoms with Crippen molar-refractivity contribution in [2.75, 3.05) is 6.26 Å². The Morgan fingerprint density at radius 3 is 2.39 bits per heavy atom. The van der Waals surface area contributed by atoms with Crippen molar-refractivity contribution in [3.63, 3.8) is 0 Å². The van der Waals surface area contributed by atoms with E-state index < -0.39 is 9.84 Å². The van der Waals surface area contributed by atoms with E-state index in [0.717, 1.165) is 16.7 Å². The smallest absolute Gasteiger partial charge is 0.175 e. The summed E-state index contributed by atoms with van der Waals surface area (Å²) in [4.78, 5) is 4.38. The Kier molecular flexibility index (Phi) is 3.45. The summed E-state index contributed by atoms with van der Waals surface area (Å²) in [5, 5.41) is 0. The molecule has 0 bridgehead atoms. The second-order valence-corrected chi connectivity index (χ2v) is 6.05. The van der Waals surface area contributed by atoms with E-state index >= 15 is 0 Å². The van der Waals surface area contributed by atoms with Crippen LogP contribution in [-0.4, -0.2) is 19.7 Å². The third-order valence-electron chi connectivity index (χ3n) is 2.72. The van der Waals surface area contributed by atoms with Crippen LogP contribution in [0.25, 0.3) is 11.1 Å². The van der Waals surface area contributed by atoms with Crippen molar-refractivity contribution in [2.24, 2.45) is 5.73 Å². The summed E-state index contributed by atoms with van der Waals surface area (Å²) in [6.45, 7) is 0.422. The molecule has 0 aliphatic rings. The van der Waals surface area contributed by atoms with E-state index in [4.69, 9.17) is 5.73 Å². The molecular formula is C13H14N2O2S. The summed E-state index contributed by atoms with van der Waals surface area (Å²) in [6, 6.07) is 8.59. The highest BCUT2D eigenvalue weighted by Crippen LogP contribution is 2.23. The number of nitrogens with two attached hydrogens (primary N) is 1. The van der Waals surface area contributed by atoms with Gasteiger partial charge in [0, 0.05) is 30.8 Å². The highest BCUT2D eigenvalue weighted by atomic mass is 32.2. The minimum atomic E-state index is -3.16. The van der Waals surface area contributed by atoms with E-state index in [-0.39, 0.29) is 0 Å². The molecule has 2 aromatic rings. The van der Waals surface area contributed by atoms with Crippen molar-refractivity contribution < 1.29 is 8.42 Å². The zero-order chi connectivity index (χ0) is 13.2. The molecule has 2 N–H and O–H groups in total. The van der Waals surface area contributed by atoms with Gasteiger partial charge in [0.15, 0.2) is 9.84 Å². The van der Waals surface area contributed by atoms with E-state index in [1.807, 2.05) is 6.07 Å². The highest BCUT2D eigenvalue weighted by molar-refractivity contribution is 7.90. The van der Waals surface area contributed by atoms with Crippen LogP contribution in [0.5, 0.6) is 0 Å². The third-order valence-corrected chi connectivity index (χ3v) is 3.85. The Balaban J connectivity index is 2.47. The van der Waals surface area contributed by atoms with Gasteiger partial charge in [0.2, 0.25) is 0 Å². The number of hydrogen-bond acceptors (Lipinski definition) is 4. The monoisotopic (exact) mass is 262 g/mol. The van der Waals surface area contributed by atoms with Gasteiger partial charge < -0.3 is 5.73 Å². The molecule has 0 atom stereocenters. The molecule has 4 nitrogen and oxygen atoms in total. The largest absolute Gasteiger partial charge is 0.326 e. The van der Waals surface area contributed by atoms with Crippen LogP contribution in [0, 0.1) is 0 Å². The van der Waals surface area contributed by atoms with Crippen LogP contribution in [0.2, 0.25) is 0 Å². The van der Waals surface area contributed by atoms with Crippen LogP contribution in [0.4, 0.5) is 0 Å². The van der Waals surface area contributed by atoms with Gasteiger partial charge in [-0.15, -0.1) is 0 Å².